The van der Waals surface area contributed by atoms with E-state index in [1.807, 2.05) is 14.0 Å². The summed E-state index contributed by atoms with van der Waals surface area (Å²) in [6, 6.07) is 11.8. The van der Waals surface area contributed by atoms with E-state index in [0.29, 0.717) is 12.1 Å². The Morgan fingerprint density at radius 1 is 1.32 bits per heavy atom. The molecule has 0 bridgehead atoms. The third-order valence-corrected chi connectivity index (χ3v) is 5.97. The second-order valence-electron chi connectivity index (χ2n) is 7.28. The van der Waals surface area contributed by atoms with E-state index in [2.05, 4.69) is 68.1 Å². The van der Waals surface area contributed by atoms with Gasteiger partial charge in [-0.2, -0.15) is 0 Å². The predicted octanol–water partition coefficient (Wildman–Crippen LogP) is 3.83. The average Bonchev–Trinajstić information content (AvgIpc) is 3.09. The van der Waals surface area contributed by atoms with Gasteiger partial charge >= 0.3 is 0 Å². The number of aliphatic imine (C=N–C) groups is 1. The molecule has 154 valence electrons. The summed E-state index contributed by atoms with van der Waals surface area (Å²) < 4.78 is 0. The maximum absolute atomic E-state index is 4.51. The van der Waals surface area contributed by atoms with Crippen molar-refractivity contribution in [1.29, 1.82) is 0 Å². The van der Waals surface area contributed by atoms with E-state index in [9.17, 15) is 0 Å². The molecular formula is C21H32IN5S. The smallest absolute Gasteiger partial charge is 0.191 e. The van der Waals surface area contributed by atoms with Crippen LogP contribution in [0, 0.1) is 6.92 Å². The van der Waals surface area contributed by atoms with E-state index in [-0.39, 0.29) is 24.0 Å². The molecule has 1 fully saturated rings. The molecule has 0 aliphatic carbocycles. The molecule has 28 heavy (non-hydrogen) atoms. The Hall–Kier alpha value is -1.19. The van der Waals surface area contributed by atoms with Gasteiger partial charge in [0, 0.05) is 50.6 Å². The van der Waals surface area contributed by atoms with E-state index < -0.39 is 0 Å². The van der Waals surface area contributed by atoms with Crippen LogP contribution in [0.4, 0.5) is 0 Å². The lowest BCUT2D eigenvalue weighted by atomic mass is 9.97. The maximum Gasteiger partial charge on any atom is 0.191 e. The Balaban J connectivity index is 0.00000280. The van der Waals surface area contributed by atoms with Crippen LogP contribution in [0.15, 0.2) is 40.7 Å². The first-order chi connectivity index (χ1) is 13.1. The minimum atomic E-state index is 0. The molecular weight excluding hydrogens is 481 g/mol. The molecule has 2 atom stereocenters. The molecule has 0 radical (unpaired) electrons. The number of nitrogens with one attached hydrogen (secondary N) is 2. The van der Waals surface area contributed by atoms with Crippen molar-refractivity contribution in [3.05, 3.63) is 52.0 Å². The zero-order valence-electron chi connectivity index (χ0n) is 17.0. The highest BCUT2D eigenvalue weighted by Gasteiger charge is 2.25. The summed E-state index contributed by atoms with van der Waals surface area (Å²) in [4.78, 5) is 11.5. The number of rotatable bonds is 6. The van der Waals surface area contributed by atoms with Crippen LogP contribution in [0.5, 0.6) is 0 Å². The number of piperidine rings is 1. The van der Waals surface area contributed by atoms with Gasteiger partial charge in [0.15, 0.2) is 5.96 Å². The molecule has 1 aliphatic rings. The quantitative estimate of drug-likeness (QED) is 0.350. The second kappa shape index (κ2) is 11.7. The highest BCUT2D eigenvalue weighted by Crippen LogP contribution is 2.19. The number of hydrogen-bond acceptors (Lipinski definition) is 4. The Morgan fingerprint density at radius 2 is 2.11 bits per heavy atom. The molecule has 5 nitrogen and oxygen atoms in total. The number of halogens is 1. The molecule has 2 unspecified atom stereocenters. The summed E-state index contributed by atoms with van der Waals surface area (Å²) in [5.41, 5.74) is 2.55. The Bertz CT molecular complexity index is 733. The normalized spacial score (nSPS) is 20.5. The maximum atomic E-state index is 4.51. The molecule has 0 spiro atoms. The molecule has 2 aromatic rings. The number of benzene rings is 1. The average molecular weight is 513 g/mol. The summed E-state index contributed by atoms with van der Waals surface area (Å²) in [5, 5.41) is 10.3. The molecule has 2 heterocycles. The van der Waals surface area contributed by atoms with E-state index in [1.165, 1.54) is 5.56 Å². The monoisotopic (exact) mass is 513 g/mol. The van der Waals surface area contributed by atoms with Gasteiger partial charge in [0.25, 0.3) is 0 Å². The van der Waals surface area contributed by atoms with Crippen LogP contribution >= 0.6 is 35.3 Å². The summed E-state index contributed by atoms with van der Waals surface area (Å²) in [7, 11) is 1.84. The largest absolute Gasteiger partial charge is 0.356 e. The van der Waals surface area contributed by atoms with E-state index in [1.54, 1.807) is 11.3 Å². The summed E-state index contributed by atoms with van der Waals surface area (Å²) in [6.45, 7) is 7.38. The van der Waals surface area contributed by atoms with E-state index >= 15 is 0 Å². The molecule has 3 rings (SSSR count). The highest BCUT2D eigenvalue weighted by atomic mass is 127. The molecule has 1 aromatic heterocycles. The van der Waals surface area contributed by atoms with Gasteiger partial charge in [-0.15, -0.1) is 35.3 Å². The first kappa shape index (κ1) is 23.1. The van der Waals surface area contributed by atoms with Crippen molar-refractivity contribution >= 4 is 41.3 Å². The third-order valence-electron chi connectivity index (χ3n) is 5.15. The van der Waals surface area contributed by atoms with E-state index in [0.717, 1.165) is 55.6 Å². The number of aryl methyl sites for hydroxylation is 1. The number of guanidine groups is 1. The van der Waals surface area contributed by atoms with Crippen molar-refractivity contribution in [2.75, 3.05) is 20.1 Å². The first-order valence-corrected chi connectivity index (χ1v) is 10.7. The van der Waals surface area contributed by atoms with Gasteiger partial charge in [-0.05, 0) is 32.3 Å². The summed E-state index contributed by atoms with van der Waals surface area (Å²) in [5.74, 6) is 0.899. The lowest BCUT2D eigenvalue weighted by Crippen LogP contribution is -2.51. The van der Waals surface area contributed by atoms with Gasteiger partial charge in [-0.25, -0.2) is 4.98 Å². The Kier molecular flexibility index (Phi) is 9.67. The fourth-order valence-electron chi connectivity index (χ4n) is 3.62. The molecule has 1 aliphatic heterocycles. The Morgan fingerprint density at radius 3 is 2.75 bits per heavy atom. The topological polar surface area (TPSA) is 52.6 Å². The highest BCUT2D eigenvalue weighted by molar-refractivity contribution is 14.0. The molecule has 1 aromatic carbocycles. The Labute approximate surface area is 190 Å². The van der Waals surface area contributed by atoms with Crippen LogP contribution in [0.1, 0.15) is 36.0 Å². The first-order valence-electron chi connectivity index (χ1n) is 9.80. The van der Waals surface area contributed by atoms with Crippen LogP contribution in [0.25, 0.3) is 0 Å². The van der Waals surface area contributed by atoms with Crippen molar-refractivity contribution in [2.45, 2.75) is 51.7 Å². The van der Waals surface area contributed by atoms with Gasteiger partial charge in [-0.3, -0.25) is 9.89 Å². The lowest BCUT2D eigenvalue weighted by molar-refractivity contribution is 0.134. The minimum absolute atomic E-state index is 0. The number of thiazole rings is 1. The second-order valence-corrected chi connectivity index (χ2v) is 8.34. The summed E-state index contributed by atoms with van der Waals surface area (Å²) in [6.07, 6.45) is 3.21. The number of aromatic nitrogens is 1. The number of likely N-dealkylation sites (tertiary alicyclic amines) is 1. The molecule has 1 saturated heterocycles. The standard InChI is InChI=1S/C21H31N5S.HI/c1-16-13-19(10-12-26(16)14-18-7-5-4-6-8-18)25-21(22-3)23-11-9-20-15-27-17(2)24-20;/h4-8,15-16,19H,9-14H2,1-3H3,(H2,22,23,25);1H. The number of nitrogens with zero attached hydrogens (tertiary/aromatic N) is 3. The number of hydrogen-bond donors (Lipinski definition) is 2. The zero-order chi connectivity index (χ0) is 19.1. The van der Waals surface area contributed by atoms with Crippen LogP contribution < -0.4 is 10.6 Å². The molecule has 0 saturated carbocycles. The fraction of sp³-hybridized carbons (Fsp3) is 0.524. The predicted molar refractivity (Wildman–Crippen MR) is 130 cm³/mol. The van der Waals surface area contributed by atoms with Gasteiger partial charge in [0.05, 0.1) is 10.7 Å². The molecule has 2 N–H and O–H groups in total. The lowest BCUT2D eigenvalue weighted by Gasteiger charge is -2.38. The van der Waals surface area contributed by atoms with Gasteiger partial charge < -0.3 is 10.6 Å². The van der Waals surface area contributed by atoms with Gasteiger partial charge in [0.1, 0.15) is 0 Å². The molecule has 0 amide bonds. The van der Waals surface area contributed by atoms with Crippen molar-refractivity contribution in [3.63, 3.8) is 0 Å². The van der Waals surface area contributed by atoms with Crippen LogP contribution in [-0.2, 0) is 13.0 Å². The fourth-order valence-corrected chi connectivity index (χ4v) is 4.27. The SMILES string of the molecule is CN=C(NCCc1csc(C)n1)NC1CCN(Cc2ccccc2)C(C)C1.I. The minimum Gasteiger partial charge on any atom is -0.356 e. The van der Waals surface area contributed by atoms with Gasteiger partial charge in [0.2, 0.25) is 0 Å². The third kappa shape index (κ3) is 7.00. The summed E-state index contributed by atoms with van der Waals surface area (Å²) >= 11 is 1.71. The molecule has 7 heteroatoms. The van der Waals surface area contributed by atoms with Crippen molar-refractivity contribution in [3.8, 4) is 0 Å². The van der Waals surface area contributed by atoms with Crippen molar-refractivity contribution in [1.82, 2.24) is 20.5 Å². The van der Waals surface area contributed by atoms with Gasteiger partial charge in [-0.1, -0.05) is 30.3 Å². The van der Waals surface area contributed by atoms with Crippen molar-refractivity contribution in [2.24, 2.45) is 4.99 Å². The van der Waals surface area contributed by atoms with Crippen LogP contribution in [0.2, 0.25) is 0 Å². The van der Waals surface area contributed by atoms with Crippen LogP contribution in [-0.4, -0.2) is 48.1 Å². The zero-order valence-corrected chi connectivity index (χ0v) is 20.2. The van der Waals surface area contributed by atoms with E-state index in [4.69, 9.17) is 0 Å². The van der Waals surface area contributed by atoms with Crippen molar-refractivity contribution < 1.29 is 0 Å². The van der Waals surface area contributed by atoms with Crippen LogP contribution in [0.3, 0.4) is 0 Å².